The van der Waals surface area contributed by atoms with Crippen LogP contribution in [0.4, 0.5) is 0 Å². The fraction of sp³-hybridized carbons (Fsp3) is 0.625. The van der Waals surface area contributed by atoms with Crippen molar-refractivity contribution in [1.82, 2.24) is 4.90 Å². The van der Waals surface area contributed by atoms with E-state index >= 15 is 0 Å². The van der Waals surface area contributed by atoms with Gasteiger partial charge in [0.25, 0.3) is 11.8 Å². The number of carbonyl (C=O) groups is 4. The van der Waals surface area contributed by atoms with Crippen molar-refractivity contribution in [2.75, 3.05) is 6.61 Å². The zero-order valence-corrected chi connectivity index (χ0v) is 27.7. The Morgan fingerprint density at radius 1 is 1.02 bits per heavy atom. The molecule has 1 aromatic rings. The molecule has 6 atom stereocenters. The maximum absolute atomic E-state index is 13.6. The van der Waals surface area contributed by atoms with Gasteiger partial charge in [-0.05, 0) is 44.8 Å². The molecule has 0 unspecified atom stereocenters. The van der Waals surface area contributed by atoms with Crippen molar-refractivity contribution in [1.29, 1.82) is 0 Å². The van der Waals surface area contributed by atoms with E-state index in [0.29, 0.717) is 11.1 Å². The molecule has 0 N–H and O–H groups in total. The summed E-state index contributed by atoms with van der Waals surface area (Å²) in [6.45, 7) is 17.4. The highest BCUT2D eigenvalue weighted by molar-refractivity contribution is 6.74. The highest BCUT2D eigenvalue weighted by Crippen LogP contribution is 2.47. The van der Waals surface area contributed by atoms with Crippen molar-refractivity contribution in [2.24, 2.45) is 5.92 Å². The van der Waals surface area contributed by atoms with Crippen LogP contribution in [-0.2, 0) is 42.6 Å². The summed E-state index contributed by atoms with van der Waals surface area (Å²) in [5.74, 6) is -1.53. The Labute approximate surface area is 255 Å². The first-order valence-corrected chi connectivity index (χ1v) is 17.9. The number of esters is 1. The number of Topliss-reactive ketones (excluding diaryl/α,β-unsaturated/α-hetero) is 1. The quantitative estimate of drug-likeness (QED) is 0.207. The maximum atomic E-state index is 13.6. The van der Waals surface area contributed by atoms with Gasteiger partial charge in [0, 0.05) is 23.1 Å². The monoisotopic (exact) mass is 615 g/mol. The molecule has 10 nitrogen and oxygen atoms in total. The number of ketones is 1. The zero-order valence-electron chi connectivity index (χ0n) is 26.7. The molecule has 0 spiro atoms. The number of hydrogen-bond acceptors (Lipinski definition) is 9. The van der Waals surface area contributed by atoms with Gasteiger partial charge in [-0.3, -0.25) is 19.3 Å². The molecule has 0 radical (unpaired) electrons. The summed E-state index contributed by atoms with van der Waals surface area (Å²) in [6.07, 6.45) is -4.81. The SMILES string of the molecule is CC(=O)CCC(=O)O[C@H]1[C@@H]2O[C@H](c3ccccc3)OC[C@H]2O[C@@H](O[Si](C)(C)C(C)(C)C(C)C)[C@@H]1N1C(=O)C(C)=C(C)C1=O. The number of imide groups is 1. The second-order valence-corrected chi connectivity index (χ2v) is 17.6. The van der Waals surface area contributed by atoms with E-state index in [-0.39, 0.29) is 36.2 Å². The Hall–Kier alpha value is -2.70. The van der Waals surface area contributed by atoms with E-state index in [1.165, 1.54) is 6.92 Å². The molecule has 3 aliphatic heterocycles. The van der Waals surface area contributed by atoms with Crippen LogP contribution in [0.3, 0.4) is 0 Å². The van der Waals surface area contributed by atoms with Crippen LogP contribution in [0.25, 0.3) is 0 Å². The largest absolute Gasteiger partial charge is 0.457 e. The molecular formula is C32H45NO9Si. The van der Waals surface area contributed by atoms with Crippen LogP contribution in [0.1, 0.15) is 73.2 Å². The smallest absolute Gasteiger partial charge is 0.306 e. The number of amides is 2. The summed E-state index contributed by atoms with van der Waals surface area (Å²) in [5.41, 5.74) is 1.37. The lowest BCUT2D eigenvalue weighted by molar-refractivity contribution is -0.342. The Morgan fingerprint density at radius 3 is 2.19 bits per heavy atom. The van der Waals surface area contributed by atoms with Crippen LogP contribution in [-0.4, -0.2) is 74.0 Å². The van der Waals surface area contributed by atoms with Gasteiger partial charge in [-0.2, -0.15) is 0 Å². The lowest BCUT2D eigenvalue weighted by Crippen LogP contribution is -2.70. The van der Waals surface area contributed by atoms with E-state index < -0.39 is 63.0 Å². The number of carbonyl (C=O) groups excluding carboxylic acids is 4. The highest BCUT2D eigenvalue weighted by atomic mass is 28.4. The van der Waals surface area contributed by atoms with E-state index in [2.05, 4.69) is 40.8 Å². The molecule has 2 saturated heterocycles. The molecule has 3 aliphatic rings. The van der Waals surface area contributed by atoms with Crippen molar-refractivity contribution in [3.63, 3.8) is 0 Å². The Bertz CT molecular complexity index is 1250. The van der Waals surface area contributed by atoms with Crippen molar-refractivity contribution < 1.29 is 42.6 Å². The molecule has 3 heterocycles. The number of hydrogen-bond donors (Lipinski definition) is 0. The molecule has 4 rings (SSSR count). The van der Waals surface area contributed by atoms with E-state index in [1.54, 1.807) is 13.8 Å². The van der Waals surface area contributed by atoms with Gasteiger partial charge in [0.05, 0.1) is 13.0 Å². The predicted octanol–water partition coefficient (Wildman–Crippen LogP) is 4.84. The van der Waals surface area contributed by atoms with Crippen LogP contribution >= 0.6 is 0 Å². The summed E-state index contributed by atoms with van der Waals surface area (Å²) in [4.78, 5) is 53.2. The third-order valence-corrected chi connectivity index (χ3v) is 14.2. The van der Waals surface area contributed by atoms with Gasteiger partial charge in [-0.15, -0.1) is 0 Å². The second kappa shape index (κ2) is 12.7. The molecule has 0 bridgehead atoms. The van der Waals surface area contributed by atoms with Crippen LogP contribution < -0.4 is 0 Å². The van der Waals surface area contributed by atoms with Gasteiger partial charge in [0.1, 0.15) is 24.0 Å². The number of benzene rings is 1. The first kappa shape index (κ1) is 33.2. The van der Waals surface area contributed by atoms with Gasteiger partial charge in [-0.25, -0.2) is 0 Å². The van der Waals surface area contributed by atoms with Gasteiger partial charge in [-0.1, -0.05) is 58.0 Å². The molecular weight excluding hydrogens is 570 g/mol. The molecule has 1 aromatic carbocycles. The molecule has 2 amide bonds. The normalized spacial score (nSPS) is 28.4. The number of rotatable bonds is 10. The van der Waals surface area contributed by atoms with Crippen LogP contribution in [0.15, 0.2) is 41.5 Å². The number of ether oxygens (including phenoxy) is 4. The fourth-order valence-corrected chi connectivity index (χ4v) is 7.98. The summed E-state index contributed by atoms with van der Waals surface area (Å²) in [7, 11) is -2.63. The summed E-state index contributed by atoms with van der Waals surface area (Å²) >= 11 is 0. The molecule has 0 aliphatic carbocycles. The Morgan fingerprint density at radius 2 is 1.63 bits per heavy atom. The van der Waals surface area contributed by atoms with E-state index in [4.69, 9.17) is 23.4 Å². The molecule has 236 valence electrons. The average molecular weight is 616 g/mol. The van der Waals surface area contributed by atoms with Crippen LogP contribution in [0.5, 0.6) is 0 Å². The number of nitrogens with zero attached hydrogens (tertiary/aromatic N) is 1. The van der Waals surface area contributed by atoms with E-state index in [0.717, 1.165) is 10.5 Å². The summed E-state index contributed by atoms with van der Waals surface area (Å²) in [5, 5.41) is -0.230. The number of fused-ring (bicyclic) bond motifs is 1. The lowest BCUT2D eigenvalue weighted by atomic mass is 9.94. The third kappa shape index (κ3) is 6.56. The van der Waals surface area contributed by atoms with E-state index in [9.17, 15) is 19.2 Å². The minimum absolute atomic E-state index is 0.00121. The molecule has 43 heavy (non-hydrogen) atoms. The van der Waals surface area contributed by atoms with Gasteiger partial charge in [0.15, 0.2) is 27.0 Å². The Balaban J connectivity index is 1.79. The van der Waals surface area contributed by atoms with Crippen LogP contribution in [0.2, 0.25) is 18.1 Å². The predicted molar refractivity (Wildman–Crippen MR) is 160 cm³/mol. The lowest BCUT2D eigenvalue weighted by Gasteiger charge is -2.53. The molecule has 11 heteroatoms. The molecule has 2 fully saturated rings. The third-order valence-electron chi connectivity index (χ3n) is 9.67. The maximum Gasteiger partial charge on any atom is 0.306 e. The van der Waals surface area contributed by atoms with Gasteiger partial charge >= 0.3 is 5.97 Å². The summed E-state index contributed by atoms with van der Waals surface area (Å²) in [6, 6.07) is 8.18. The second-order valence-electron chi connectivity index (χ2n) is 13.1. The first-order chi connectivity index (χ1) is 20.1. The topological polar surface area (TPSA) is 118 Å². The minimum Gasteiger partial charge on any atom is -0.457 e. The van der Waals surface area contributed by atoms with Gasteiger partial charge in [0.2, 0.25) is 0 Å². The fourth-order valence-electron chi connectivity index (χ4n) is 5.51. The summed E-state index contributed by atoms with van der Waals surface area (Å²) < 4.78 is 32.0. The van der Waals surface area contributed by atoms with Crippen molar-refractivity contribution in [3.05, 3.63) is 47.0 Å². The Kier molecular flexibility index (Phi) is 9.82. The van der Waals surface area contributed by atoms with Crippen molar-refractivity contribution in [3.8, 4) is 0 Å². The van der Waals surface area contributed by atoms with Crippen LogP contribution in [0, 0.1) is 5.92 Å². The molecule has 0 aromatic heterocycles. The zero-order chi connectivity index (χ0) is 31.9. The van der Waals surface area contributed by atoms with E-state index in [1.807, 2.05) is 30.3 Å². The van der Waals surface area contributed by atoms with Crippen molar-refractivity contribution >= 4 is 31.9 Å². The molecule has 0 saturated carbocycles. The first-order valence-electron chi connectivity index (χ1n) is 15.0. The minimum atomic E-state index is -2.63. The van der Waals surface area contributed by atoms with Crippen molar-refractivity contribution in [2.45, 2.75) is 116 Å². The highest BCUT2D eigenvalue weighted by Gasteiger charge is 2.59. The van der Waals surface area contributed by atoms with Gasteiger partial charge < -0.3 is 28.2 Å². The average Bonchev–Trinajstić information content (AvgIpc) is 3.14. The standard InChI is InChI=1S/C32H45NO9Si/c1-18(2)32(6,7)43(8,9)42-31-25(33-28(36)20(4)21(5)29(33)37)27(40-24(35)16-15-19(3)34)26-23(39-31)17-38-30(41-26)22-13-11-10-12-14-22/h10-14,18,23,25-27,30-31H,15-17H2,1-9H3/t23-,25-,26-,27-,30-,31+/m1/s1.